The van der Waals surface area contributed by atoms with Crippen LogP contribution in [0.15, 0.2) is 24.5 Å². The maximum absolute atomic E-state index is 6.22. The average molecular weight is 293 g/mol. The van der Waals surface area contributed by atoms with Crippen LogP contribution in [-0.4, -0.2) is 21.3 Å². The van der Waals surface area contributed by atoms with Crippen LogP contribution in [0.1, 0.15) is 36.8 Å². The van der Waals surface area contributed by atoms with E-state index in [2.05, 4.69) is 35.3 Å². The lowest BCUT2D eigenvalue weighted by molar-refractivity contribution is 0.507. The van der Waals surface area contributed by atoms with Crippen molar-refractivity contribution in [2.75, 3.05) is 6.54 Å². The summed E-state index contributed by atoms with van der Waals surface area (Å²) in [5.41, 5.74) is 3.41. The summed E-state index contributed by atoms with van der Waals surface area (Å²) in [5.74, 6) is 0. The third-order valence-electron chi connectivity index (χ3n) is 3.42. The van der Waals surface area contributed by atoms with Crippen molar-refractivity contribution in [1.29, 1.82) is 0 Å². The van der Waals surface area contributed by atoms with Gasteiger partial charge in [0.1, 0.15) is 0 Å². The lowest BCUT2D eigenvalue weighted by Gasteiger charge is -2.18. The summed E-state index contributed by atoms with van der Waals surface area (Å²) in [4.78, 5) is 4.04. The van der Waals surface area contributed by atoms with Gasteiger partial charge in [0, 0.05) is 19.4 Å². The van der Waals surface area contributed by atoms with E-state index >= 15 is 0 Å². The second kappa shape index (κ2) is 6.86. The normalized spacial score (nSPS) is 12.6. The van der Waals surface area contributed by atoms with Crippen LogP contribution in [0, 0.1) is 0 Å². The van der Waals surface area contributed by atoms with Crippen molar-refractivity contribution in [3.05, 3.63) is 46.5 Å². The summed E-state index contributed by atoms with van der Waals surface area (Å²) in [5, 5.41) is 8.76. The van der Waals surface area contributed by atoms with Gasteiger partial charge in [0.2, 0.25) is 0 Å². The molecule has 0 saturated heterocycles. The number of aryl methyl sites for hydroxylation is 2. The molecular weight excluding hydrogens is 272 g/mol. The molecule has 0 fully saturated rings. The Labute approximate surface area is 125 Å². The van der Waals surface area contributed by atoms with Gasteiger partial charge >= 0.3 is 0 Å². The van der Waals surface area contributed by atoms with Crippen LogP contribution in [0.5, 0.6) is 0 Å². The number of likely N-dealkylation sites (N-methyl/N-ethyl adjacent to an activating group) is 1. The zero-order valence-electron chi connectivity index (χ0n) is 12.2. The van der Waals surface area contributed by atoms with Gasteiger partial charge in [0.05, 0.1) is 22.5 Å². The zero-order chi connectivity index (χ0) is 14.5. The molecule has 1 N–H and O–H groups in total. The van der Waals surface area contributed by atoms with Gasteiger partial charge in [-0.2, -0.15) is 5.10 Å². The Morgan fingerprint density at radius 3 is 2.80 bits per heavy atom. The molecule has 1 atom stereocenters. The molecule has 0 saturated carbocycles. The molecule has 0 spiro atoms. The first-order chi connectivity index (χ1) is 9.65. The van der Waals surface area contributed by atoms with Crippen LogP contribution >= 0.6 is 11.6 Å². The second-order valence-electron chi connectivity index (χ2n) is 4.82. The van der Waals surface area contributed by atoms with E-state index in [1.807, 2.05) is 17.8 Å². The largest absolute Gasteiger partial charge is 0.309 e. The molecule has 0 radical (unpaired) electrons. The highest BCUT2D eigenvalue weighted by Gasteiger charge is 2.17. The van der Waals surface area contributed by atoms with Crippen LogP contribution in [-0.2, 0) is 19.9 Å². The Hall–Kier alpha value is -1.39. The average Bonchev–Trinajstić information content (AvgIpc) is 2.82. The van der Waals surface area contributed by atoms with E-state index in [1.54, 1.807) is 12.4 Å². The molecule has 2 heterocycles. The van der Waals surface area contributed by atoms with Crippen molar-refractivity contribution in [2.45, 2.75) is 32.7 Å². The first-order valence-corrected chi connectivity index (χ1v) is 7.38. The van der Waals surface area contributed by atoms with Crippen molar-refractivity contribution in [2.24, 2.45) is 7.05 Å². The lowest BCUT2D eigenvalue weighted by Crippen LogP contribution is -2.25. The van der Waals surface area contributed by atoms with Crippen molar-refractivity contribution in [3.63, 3.8) is 0 Å². The number of aromatic nitrogens is 3. The van der Waals surface area contributed by atoms with Crippen LogP contribution in [0.2, 0.25) is 5.02 Å². The molecule has 108 valence electrons. The lowest BCUT2D eigenvalue weighted by atomic mass is 10.0. The summed E-state index contributed by atoms with van der Waals surface area (Å²) < 4.78 is 1.96. The monoisotopic (exact) mass is 292 g/mol. The molecule has 0 aliphatic carbocycles. The fourth-order valence-electron chi connectivity index (χ4n) is 2.36. The molecule has 0 aliphatic rings. The molecule has 2 aromatic heterocycles. The molecule has 2 rings (SSSR count). The Morgan fingerprint density at radius 2 is 2.20 bits per heavy atom. The topological polar surface area (TPSA) is 42.7 Å². The highest BCUT2D eigenvalue weighted by atomic mass is 35.5. The van der Waals surface area contributed by atoms with E-state index in [-0.39, 0.29) is 6.04 Å². The molecule has 5 heteroatoms. The van der Waals surface area contributed by atoms with Crippen LogP contribution in [0.25, 0.3) is 0 Å². The van der Waals surface area contributed by atoms with Crippen LogP contribution in [0.3, 0.4) is 0 Å². The predicted molar refractivity (Wildman–Crippen MR) is 82.0 cm³/mol. The first-order valence-electron chi connectivity index (χ1n) is 7.00. The van der Waals surface area contributed by atoms with Crippen LogP contribution < -0.4 is 5.32 Å². The quantitative estimate of drug-likeness (QED) is 0.890. The second-order valence-corrected chi connectivity index (χ2v) is 5.23. The maximum Gasteiger partial charge on any atom is 0.0625 e. The van der Waals surface area contributed by atoms with Gasteiger partial charge < -0.3 is 5.32 Å². The van der Waals surface area contributed by atoms with E-state index in [0.29, 0.717) is 5.02 Å². The highest BCUT2D eigenvalue weighted by Crippen LogP contribution is 2.23. The SMILES string of the molecule is CCNC(Cc1ccncc1Cl)c1cc(CC)nn1C. The number of hydrogen-bond donors (Lipinski definition) is 1. The Morgan fingerprint density at radius 1 is 1.40 bits per heavy atom. The third kappa shape index (κ3) is 3.38. The van der Waals surface area contributed by atoms with Gasteiger partial charge in [-0.25, -0.2) is 0 Å². The standard InChI is InChI=1S/C15H21ClN4/c1-4-12-9-15(20(3)19-12)14(18-5-2)8-11-6-7-17-10-13(11)16/h6-7,9-10,14,18H,4-5,8H2,1-3H3. The fraction of sp³-hybridized carbons (Fsp3) is 0.467. The summed E-state index contributed by atoms with van der Waals surface area (Å²) in [6.07, 6.45) is 5.26. The van der Waals surface area contributed by atoms with E-state index in [9.17, 15) is 0 Å². The smallest absolute Gasteiger partial charge is 0.0625 e. The summed E-state index contributed by atoms with van der Waals surface area (Å²) >= 11 is 6.22. The summed E-state index contributed by atoms with van der Waals surface area (Å²) in [6, 6.07) is 4.35. The number of hydrogen-bond acceptors (Lipinski definition) is 3. The van der Waals surface area contributed by atoms with Gasteiger partial charge in [0.15, 0.2) is 0 Å². The molecule has 1 unspecified atom stereocenters. The van der Waals surface area contributed by atoms with Gasteiger partial charge in [-0.15, -0.1) is 0 Å². The number of nitrogens with one attached hydrogen (secondary N) is 1. The van der Waals surface area contributed by atoms with Crippen molar-refractivity contribution in [3.8, 4) is 0 Å². The molecule has 0 aliphatic heterocycles. The minimum atomic E-state index is 0.206. The fourth-order valence-corrected chi connectivity index (χ4v) is 2.56. The number of rotatable bonds is 6. The molecule has 2 aromatic rings. The molecular formula is C15H21ClN4. The van der Waals surface area contributed by atoms with Gasteiger partial charge in [-0.1, -0.05) is 25.4 Å². The van der Waals surface area contributed by atoms with E-state index in [0.717, 1.165) is 30.6 Å². The maximum atomic E-state index is 6.22. The first kappa shape index (κ1) is 15.0. The Balaban J connectivity index is 2.26. The van der Waals surface area contributed by atoms with E-state index < -0.39 is 0 Å². The van der Waals surface area contributed by atoms with E-state index in [4.69, 9.17) is 11.6 Å². The number of pyridine rings is 1. The third-order valence-corrected chi connectivity index (χ3v) is 3.76. The zero-order valence-corrected chi connectivity index (χ0v) is 13.0. The van der Waals surface area contributed by atoms with Crippen molar-refractivity contribution < 1.29 is 0 Å². The molecule has 20 heavy (non-hydrogen) atoms. The van der Waals surface area contributed by atoms with E-state index in [1.165, 1.54) is 5.69 Å². The van der Waals surface area contributed by atoms with Gasteiger partial charge in [-0.05, 0) is 37.1 Å². The Bertz CT molecular complexity index is 565. The minimum absolute atomic E-state index is 0.206. The van der Waals surface area contributed by atoms with Crippen LogP contribution in [0.4, 0.5) is 0 Å². The minimum Gasteiger partial charge on any atom is -0.309 e. The molecule has 0 bridgehead atoms. The molecule has 4 nitrogen and oxygen atoms in total. The van der Waals surface area contributed by atoms with Gasteiger partial charge in [0.25, 0.3) is 0 Å². The molecule has 0 amide bonds. The Kier molecular flexibility index (Phi) is 5.15. The molecule has 0 aromatic carbocycles. The highest BCUT2D eigenvalue weighted by molar-refractivity contribution is 6.31. The summed E-state index contributed by atoms with van der Waals surface area (Å²) in [7, 11) is 1.99. The number of halogens is 1. The van der Waals surface area contributed by atoms with Crippen molar-refractivity contribution in [1.82, 2.24) is 20.1 Å². The van der Waals surface area contributed by atoms with Gasteiger partial charge in [-0.3, -0.25) is 9.67 Å². The number of nitrogens with zero attached hydrogens (tertiary/aromatic N) is 3. The predicted octanol–water partition coefficient (Wildman–Crippen LogP) is 2.92. The van der Waals surface area contributed by atoms with Crippen molar-refractivity contribution >= 4 is 11.6 Å². The summed E-state index contributed by atoms with van der Waals surface area (Å²) in [6.45, 7) is 5.13.